The second-order valence-electron chi connectivity index (χ2n) is 5.65. The number of fused-ring (bicyclic) bond motifs is 3. The van der Waals surface area contributed by atoms with E-state index in [4.69, 9.17) is 0 Å². The van der Waals surface area contributed by atoms with Crippen LogP contribution in [0.4, 0.5) is 5.69 Å². The van der Waals surface area contributed by atoms with Crippen LogP contribution in [0, 0.1) is 0 Å². The summed E-state index contributed by atoms with van der Waals surface area (Å²) in [6, 6.07) is 4.49. The van der Waals surface area contributed by atoms with Crippen LogP contribution >= 0.6 is 11.8 Å². The minimum atomic E-state index is 0.948. The molecular weight excluding hydrogens is 286 g/mol. The molecule has 0 bridgehead atoms. The third-order valence-corrected chi connectivity index (χ3v) is 5.21. The molecule has 1 aliphatic heterocycles. The number of anilines is 1. The van der Waals surface area contributed by atoms with Crippen LogP contribution in [0.5, 0.6) is 0 Å². The van der Waals surface area contributed by atoms with Gasteiger partial charge < -0.3 is 4.90 Å². The number of nitrogens with zero attached hydrogens (tertiary/aromatic N) is 1. The van der Waals surface area contributed by atoms with Crippen LogP contribution in [0.15, 0.2) is 71.2 Å². The minimum Gasteiger partial charge on any atom is -0.335 e. The third kappa shape index (κ3) is 2.19. The molecule has 0 saturated carbocycles. The first-order chi connectivity index (χ1) is 10.6. The van der Waals surface area contributed by atoms with Gasteiger partial charge in [-0.05, 0) is 49.1 Å². The summed E-state index contributed by atoms with van der Waals surface area (Å²) in [6.07, 6.45) is 7.06. The number of thioether (sulfide) groups is 1. The molecule has 2 aliphatic rings. The average Bonchev–Trinajstić information content (AvgIpc) is 3.02. The topological polar surface area (TPSA) is 3.24 Å². The van der Waals surface area contributed by atoms with E-state index < -0.39 is 0 Å². The molecule has 112 valence electrons. The van der Waals surface area contributed by atoms with Gasteiger partial charge in [0.25, 0.3) is 0 Å². The first-order valence-electron chi connectivity index (χ1n) is 7.57. The lowest BCUT2D eigenvalue weighted by molar-refractivity contribution is 0.995. The number of rotatable bonds is 4. The van der Waals surface area contributed by atoms with E-state index in [1.807, 2.05) is 30.8 Å². The molecule has 1 aromatic carbocycles. The lowest BCUT2D eigenvalue weighted by atomic mass is 10.0. The van der Waals surface area contributed by atoms with E-state index in [0.717, 1.165) is 18.5 Å². The van der Waals surface area contributed by atoms with E-state index in [1.165, 1.54) is 37.9 Å². The van der Waals surface area contributed by atoms with Crippen LogP contribution in [0.2, 0.25) is 0 Å². The second-order valence-corrected chi connectivity index (χ2v) is 6.71. The van der Waals surface area contributed by atoms with Crippen molar-refractivity contribution in [3.05, 3.63) is 77.4 Å². The van der Waals surface area contributed by atoms with E-state index >= 15 is 0 Å². The monoisotopic (exact) mass is 307 g/mol. The Kier molecular flexibility index (Phi) is 3.88. The summed E-state index contributed by atoms with van der Waals surface area (Å²) < 4.78 is 0. The number of benzene rings is 1. The van der Waals surface area contributed by atoms with Gasteiger partial charge in [-0.2, -0.15) is 0 Å². The van der Waals surface area contributed by atoms with Crippen LogP contribution < -0.4 is 4.90 Å². The highest BCUT2D eigenvalue weighted by molar-refractivity contribution is 8.03. The van der Waals surface area contributed by atoms with Gasteiger partial charge in [-0.15, -0.1) is 0 Å². The van der Waals surface area contributed by atoms with Crippen molar-refractivity contribution >= 4 is 23.0 Å². The zero-order valence-corrected chi connectivity index (χ0v) is 14.1. The molecule has 0 N–H and O–H groups in total. The predicted molar refractivity (Wildman–Crippen MR) is 99.2 cm³/mol. The van der Waals surface area contributed by atoms with Crippen molar-refractivity contribution in [2.75, 3.05) is 11.4 Å². The Labute approximate surface area is 137 Å². The van der Waals surface area contributed by atoms with Crippen LogP contribution in [-0.4, -0.2) is 6.54 Å². The van der Waals surface area contributed by atoms with Crippen LogP contribution in [0.1, 0.15) is 25.0 Å². The van der Waals surface area contributed by atoms with Crippen LogP contribution in [0.3, 0.4) is 0 Å². The highest BCUT2D eigenvalue weighted by atomic mass is 32.2. The maximum absolute atomic E-state index is 4.02. The summed E-state index contributed by atoms with van der Waals surface area (Å²) >= 11 is 1.83. The van der Waals surface area contributed by atoms with E-state index in [1.54, 1.807) is 0 Å². The molecule has 0 radical (unpaired) electrons. The molecular formula is C20H21NS. The summed E-state index contributed by atoms with van der Waals surface area (Å²) in [5.41, 5.74) is 7.62. The van der Waals surface area contributed by atoms with Gasteiger partial charge in [0.05, 0.1) is 10.7 Å². The third-order valence-electron chi connectivity index (χ3n) is 4.11. The SMILES string of the molecule is C=CC1=C(C=C)c2c(ccc3c2N(CC)/C(=C/C(=C)C)S3)C1. The Morgan fingerprint density at radius 1 is 1.32 bits per heavy atom. The van der Waals surface area contributed by atoms with Crippen molar-refractivity contribution in [1.29, 1.82) is 0 Å². The second kappa shape index (κ2) is 5.69. The Morgan fingerprint density at radius 3 is 2.68 bits per heavy atom. The maximum atomic E-state index is 4.02. The molecule has 0 amide bonds. The predicted octanol–water partition coefficient (Wildman–Crippen LogP) is 5.72. The average molecular weight is 307 g/mol. The lowest BCUT2D eigenvalue weighted by Crippen LogP contribution is -2.18. The Balaban J connectivity index is 2.22. The van der Waals surface area contributed by atoms with Gasteiger partial charge in [-0.25, -0.2) is 0 Å². The van der Waals surface area contributed by atoms with Gasteiger partial charge in [0.1, 0.15) is 0 Å². The first kappa shape index (κ1) is 15.0. The van der Waals surface area contributed by atoms with E-state index in [2.05, 4.69) is 49.8 Å². The van der Waals surface area contributed by atoms with Crippen molar-refractivity contribution < 1.29 is 0 Å². The summed E-state index contributed by atoms with van der Waals surface area (Å²) in [4.78, 5) is 3.71. The van der Waals surface area contributed by atoms with Gasteiger partial charge in [-0.3, -0.25) is 0 Å². The highest BCUT2D eigenvalue weighted by Crippen LogP contribution is 2.53. The van der Waals surface area contributed by atoms with Crippen LogP contribution in [-0.2, 0) is 6.42 Å². The molecule has 1 aromatic rings. The van der Waals surface area contributed by atoms with E-state index in [0.29, 0.717) is 0 Å². The number of hydrogen-bond donors (Lipinski definition) is 0. The van der Waals surface area contributed by atoms with Crippen molar-refractivity contribution in [2.45, 2.75) is 25.2 Å². The summed E-state index contributed by atoms with van der Waals surface area (Å²) in [5, 5.41) is 1.26. The molecule has 1 aliphatic carbocycles. The fourth-order valence-electron chi connectivity index (χ4n) is 3.20. The van der Waals surface area contributed by atoms with Crippen molar-refractivity contribution in [3.8, 4) is 0 Å². The van der Waals surface area contributed by atoms with Gasteiger partial charge in [0, 0.05) is 17.0 Å². The van der Waals surface area contributed by atoms with Crippen molar-refractivity contribution in [1.82, 2.24) is 0 Å². The summed E-state index contributed by atoms with van der Waals surface area (Å²) in [7, 11) is 0. The molecule has 22 heavy (non-hydrogen) atoms. The lowest BCUT2D eigenvalue weighted by Gasteiger charge is -2.21. The highest BCUT2D eigenvalue weighted by Gasteiger charge is 2.31. The van der Waals surface area contributed by atoms with Crippen LogP contribution in [0.25, 0.3) is 5.57 Å². The Hall–Kier alpha value is -1.93. The van der Waals surface area contributed by atoms with Crippen molar-refractivity contribution in [2.24, 2.45) is 0 Å². The molecule has 0 aromatic heterocycles. The fraction of sp³-hybridized carbons (Fsp3) is 0.200. The molecule has 3 rings (SSSR count). The minimum absolute atomic E-state index is 0.948. The molecule has 1 heterocycles. The molecule has 0 saturated heterocycles. The van der Waals surface area contributed by atoms with Gasteiger partial charge >= 0.3 is 0 Å². The van der Waals surface area contributed by atoms with Gasteiger partial charge in [0.2, 0.25) is 0 Å². The first-order valence-corrected chi connectivity index (χ1v) is 8.39. The molecule has 0 fully saturated rings. The quantitative estimate of drug-likeness (QED) is 0.700. The summed E-state index contributed by atoms with van der Waals surface area (Å²) in [6.45, 7) is 17.2. The zero-order chi connectivity index (χ0) is 15.9. The van der Waals surface area contributed by atoms with Crippen molar-refractivity contribution in [3.63, 3.8) is 0 Å². The molecule has 0 unspecified atom stereocenters. The van der Waals surface area contributed by atoms with Gasteiger partial charge in [0.15, 0.2) is 0 Å². The Bertz CT molecular complexity index is 749. The van der Waals surface area contributed by atoms with Gasteiger partial charge in [-0.1, -0.05) is 55.3 Å². The standard InChI is InChI=1S/C20H21NS/c1-6-14-12-15-9-10-17-20(19(15)16(14)7-2)21(8-3)18(22-17)11-13(4)5/h6-7,9-11H,1-2,4,8,12H2,3,5H3/b18-11-. The zero-order valence-electron chi connectivity index (χ0n) is 13.3. The molecule has 0 atom stereocenters. The largest absolute Gasteiger partial charge is 0.335 e. The number of allylic oxidation sites excluding steroid dienone is 6. The molecule has 2 heteroatoms. The fourth-order valence-corrected chi connectivity index (χ4v) is 4.46. The maximum Gasteiger partial charge on any atom is 0.0804 e. The van der Waals surface area contributed by atoms with E-state index in [-0.39, 0.29) is 0 Å². The molecule has 0 spiro atoms. The molecule has 1 nitrogen and oxygen atoms in total. The number of hydrogen-bond acceptors (Lipinski definition) is 2. The Morgan fingerprint density at radius 2 is 2.09 bits per heavy atom. The van der Waals surface area contributed by atoms with E-state index in [9.17, 15) is 0 Å². The normalized spacial score (nSPS) is 17.7. The smallest absolute Gasteiger partial charge is 0.0804 e. The summed E-state index contributed by atoms with van der Waals surface area (Å²) in [5.74, 6) is 0.